The monoisotopic (exact) mass is 223 g/mol. The van der Waals surface area contributed by atoms with Gasteiger partial charge >= 0.3 is 0 Å². The maximum absolute atomic E-state index is 11.2. The minimum atomic E-state index is -0.325. The van der Waals surface area contributed by atoms with Gasteiger partial charge in [0.1, 0.15) is 0 Å². The third-order valence-electron chi connectivity index (χ3n) is 2.48. The average molecular weight is 223 g/mol. The van der Waals surface area contributed by atoms with E-state index in [1.807, 2.05) is 0 Å². The van der Waals surface area contributed by atoms with Crippen LogP contribution in [0.2, 0.25) is 0 Å². The number of aromatic nitrogens is 2. The number of nitrogens with two attached hydrogens (primary N) is 1. The van der Waals surface area contributed by atoms with Gasteiger partial charge in [-0.25, -0.2) is 0 Å². The van der Waals surface area contributed by atoms with Gasteiger partial charge in [0, 0.05) is 7.05 Å². The summed E-state index contributed by atoms with van der Waals surface area (Å²) < 4.78 is 1.58. The third-order valence-corrected chi connectivity index (χ3v) is 2.48. The number of amides is 2. The summed E-state index contributed by atoms with van der Waals surface area (Å²) in [6.07, 6.45) is 0. The molecule has 1 fully saturated rings. The Hall–Kier alpha value is -2.05. The van der Waals surface area contributed by atoms with Gasteiger partial charge in [0.05, 0.1) is 24.5 Å². The molecule has 1 aliphatic heterocycles. The van der Waals surface area contributed by atoms with E-state index in [0.29, 0.717) is 17.2 Å². The van der Waals surface area contributed by atoms with E-state index in [9.17, 15) is 9.59 Å². The number of aryl methyl sites for hydroxylation is 2. The zero-order valence-electron chi connectivity index (χ0n) is 9.15. The summed E-state index contributed by atoms with van der Waals surface area (Å²) in [6.45, 7) is 2.02. The van der Waals surface area contributed by atoms with E-state index in [-0.39, 0.29) is 24.9 Å². The summed E-state index contributed by atoms with van der Waals surface area (Å²) in [5.74, 6) is -0.0373. The minimum Gasteiger partial charge on any atom is -0.394 e. The maximum atomic E-state index is 11.2. The van der Waals surface area contributed by atoms with E-state index >= 15 is 0 Å². The van der Waals surface area contributed by atoms with Crippen LogP contribution in [0.1, 0.15) is 5.69 Å². The smallest absolute Gasteiger partial charge is 0.246 e. The molecule has 16 heavy (non-hydrogen) atoms. The molecule has 1 aromatic heterocycles. The number of imide groups is 1. The molecule has 86 valence electrons. The fourth-order valence-corrected chi connectivity index (χ4v) is 1.82. The summed E-state index contributed by atoms with van der Waals surface area (Å²) in [7, 11) is 1.73. The van der Waals surface area contributed by atoms with Crippen molar-refractivity contribution in [3.8, 4) is 0 Å². The second-order valence-corrected chi connectivity index (χ2v) is 3.77. The topological polar surface area (TPSA) is 93.2 Å². The average Bonchev–Trinajstić information content (AvgIpc) is 2.39. The molecule has 0 saturated carbocycles. The molecule has 1 saturated heterocycles. The largest absolute Gasteiger partial charge is 0.394 e. The molecule has 7 heteroatoms. The lowest BCUT2D eigenvalue weighted by Gasteiger charge is -2.27. The first-order valence-electron chi connectivity index (χ1n) is 4.85. The quantitative estimate of drug-likeness (QED) is 0.582. The van der Waals surface area contributed by atoms with Gasteiger partial charge in [-0.1, -0.05) is 0 Å². The highest BCUT2D eigenvalue weighted by Crippen LogP contribution is 2.25. The Morgan fingerprint density at radius 1 is 1.31 bits per heavy atom. The maximum Gasteiger partial charge on any atom is 0.246 e. The van der Waals surface area contributed by atoms with Crippen molar-refractivity contribution in [2.24, 2.45) is 7.05 Å². The van der Waals surface area contributed by atoms with Gasteiger partial charge in [0.2, 0.25) is 11.8 Å². The molecule has 0 bridgehead atoms. The Balaban J connectivity index is 2.36. The molecule has 1 aliphatic rings. The Kier molecular flexibility index (Phi) is 2.30. The Bertz CT molecular complexity index is 449. The number of nitrogens with one attached hydrogen (secondary N) is 1. The van der Waals surface area contributed by atoms with Crippen molar-refractivity contribution in [1.29, 1.82) is 0 Å². The van der Waals surface area contributed by atoms with Crippen molar-refractivity contribution in [2.75, 3.05) is 23.7 Å². The van der Waals surface area contributed by atoms with E-state index in [1.54, 1.807) is 23.6 Å². The number of anilines is 2. The van der Waals surface area contributed by atoms with E-state index < -0.39 is 0 Å². The predicted molar refractivity (Wildman–Crippen MR) is 57.7 cm³/mol. The molecular formula is C9H13N5O2. The van der Waals surface area contributed by atoms with Gasteiger partial charge in [-0.2, -0.15) is 5.10 Å². The summed E-state index contributed by atoms with van der Waals surface area (Å²) in [5.41, 5.74) is 7.05. The number of hydrogen-bond donors (Lipinski definition) is 2. The Morgan fingerprint density at radius 3 is 2.31 bits per heavy atom. The fraction of sp³-hybridized carbons (Fsp3) is 0.444. The van der Waals surface area contributed by atoms with Crippen molar-refractivity contribution in [3.05, 3.63) is 5.69 Å². The fourth-order valence-electron chi connectivity index (χ4n) is 1.82. The number of carbonyl (C=O) groups is 2. The summed E-state index contributed by atoms with van der Waals surface area (Å²) in [6, 6.07) is 0. The molecule has 2 heterocycles. The standard InChI is InChI=1S/C9H13N5O2/c1-5-8(10)9(13(2)12-5)14-3-6(15)11-7(16)4-14/h3-4,10H2,1-2H3,(H,11,15,16). The highest BCUT2D eigenvalue weighted by Gasteiger charge is 2.26. The molecule has 0 spiro atoms. The molecule has 0 aromatic carbocycles. The van der Waals surface area contributed by atoms with Crippen LogP contribution in [0.25, 0.3) is 0 Å². The Morgan fingerprint density at radius 2 is 1.88 bits per heavy atom. The van der Waals surface area contributed by atoms with Crippen LogP contribution in [0.5, 0.6) is 0 Å². The zero-order chi connectivity index (χ0) is 11.9. The summed E-state index contributed by atoms with van der Waals surface area (Å²) in [5, 5.41) is 6.38. The van der Waals surface area contributed by atoms with Gasteiger partial charge in [-0.05, 0) is 6.92 Å². The molecule has 0 aliphatic carbocycles. The molecule has 1 aromatic rings. The van der Waals surface area contributed by atoms with Crippen molar-refractivity contribution in [2.45, 2.75) is 6.92 Å². The number of nitrogens with zero attached hydrogens (tertiary/aromatic N) is 3. The molecular weight excluding hydrogens is 210 g/mol. The van der Waals surface area contributed by atoms with E-state index in [0.717, 1.165) is 0 Å². The molecule has 3 N–H and O–H groups in total. The Labute approximate surface area is 92.2 Å². The van der Waals surface area contributed by atoms with Crippen molar-refractivity contribution < 1.29 is 9.59 Å². The SMILES string of the molecule is Cc1nn(C)c(N2CC(=O)NC(=O)C2)c1N. The molecule has 7 nitrogen and oxygen atoms in total. The van der Waals surface area contributed by atoms with Crippen molar-refractivity contribution >= 4 is 23.3 Å². The van der Waals surface area contributed by atoms with Crippen LogP contribution in [0, 0.1) is 6.92 Å². The summed E-state index contributed by atoms with van der Waals surface area (Å²) in [4.78, 5) is 24.1. The molecule has 0 radical (unpaired) electrons. The first kappa shape index (κ1) is 10.5. The first-order chi connectivity index (χ1) is 7.49. The molecule has 2 amide bonds. The molecule has 0 atom stereocenters. The van der Waals surface area contributed by atoms with Crippen molar-refractivity contribution in [3.63, 3.8) is 0 Å². The minimum absolute atomic E-state index is 0.120. The number of piperazine rings is 1. The van der Waals surface area contributed by atoms with Gasteiger partial charge in [-0.3, -0.25) is 19.6 Å². The van der Waals surface area contributed by atoms with E-state index in [2.05, 4.69) is 10.4 Å². The van der Waals surface area contributed by atoms with Crippen LogP contribution < -0.4 is 16.0 Å². The van der Waals surface area contributed by atoms with Gasteiger partial charge in [0.25, 0.3) is 0 Å². The lowest BCUT2D eigenvalue weighted by molar-refractivity contribution is -0.130. The van der Waals surface area contributed by atoms with Crippen LogP contribution >= 0.6 is 0 Å². The first-order valence-corrected chi connectivity index (χ1v) is 4.85. The third kappa shape index (κ3) is 1.60. The predicted octanol–water partition coefficient (Wildman–Crippen LogP) is -1.23. The van der Waals surface area contributed by atoms with Crippen molar-refractivity contribution in [1.82, 2.24) is 15.1 Å². The lowest BCUT2D eigenvalue weighted by atomic mass is 10.3. The second-order valence-electron chi connectivity index (χ2n) is 3.77. The van der Waals surface area contributed by atoms with Crippen LogP contribution in [0.15, 0.2) is 0 Å². The molecule has 2 rings (SSSR count). The normalized spacial score (nSPS) is 16.5. The highest BCUT2D eigenvalue weighted by atomic mass is 16.2. The van der Waals surface area contributed by atoms with Crippen LogP contribution in [-0.2, 0) is 16.6 Å². The number of carbonyl (C=O) groups excluding carboxylic acids is 2. The van der Waals surface area contributed by atoms with Crippen LogP contribution in [-0.4, -0.2) is 34.7 Å². The van der Waals surface area contributed by atoms with E-state index in [4.69, 9.17) is 5.73 Å². The van der Waals surface area contributed by atoms with Crippen LogP contribution in [0.4, 0.5) is 11.5 Å². The number of hydrogen-bond acceptors (Lipinski definition) is 5. The highest BCUT2D eigenvalue weighted by molar-refractivity contribution is 6.03. The van der Waals surface area contributed by atoms with Gasteiger partial charge in [-0.15, -0.1) is 0 Å². The van der Waals surface area contributed by atoms with E-state index in [1.165, 1.54) is 0 Å². The van der Waals surface area contributed by atoms with Gasteiger partial charge in [0.15, 0.2) is 5.82 Å². The number of nitrogen functional groups attached to an aromatic ring is 1. The zero-order valence-corrected chi connectivity index (χ0v) is 9.15. The summed E-state index contributed by atoms with van der Waals surface area (Å²) >= 11 is 0. The van der Waals surface area contributed by atoms with Gasteiger partial charge < -0.3 is 10.6 Å². The lowest BCUT2D eigenvalue weighted by Crippen LogP contribution is -2.52. The second kappa shape index (κ2) is 3.51. The molecule has 0 unspecified atom stereocenters. The number of rotatable bonds is 1. The van der Waals surface area contributed by atoms with Crippen LogP contribution in [0.3, 0.4) is 0 Å².